The van der Waals surface area contributed by atoms with E-state index in [1.54, 1.807) is 4.57 Å². The third-order valence-corrected chi connectivity index (χ3v) is 13.2. The molecule has 4 aromatic heterocycles. The Morgan fingerprint density at radius 2 is 1.81 bits per heavy atom. The molecule has 20 nitrogen and oxygen atoms in total. The number of aliphatic hydroxyl groups is 2. The molecule has 5 fully saturated rings. The lowest BCUT2D eigenvalue weighted by atomic mass is 10.0. The van der Waals surface area contributed by atoms with E-state index in [1.165, 1.54) is 23.5 Å². The van der Waals surface area contributed by atoms with Crippen molar-refractivity contribution < 1.29 is 42.3 Å². The Balaban J connectivity index is 1.05. The summed E-state index contributed by atoms with van der Waals surface area (Å²) < 4.78 is 53.3. The second-order valence-corrected chi connectivity index (χ2v) is 17.1. The van der Waals surface area contributed by atoms with Gasteiger partial charge in [-0.1, -0.05) is 12.2 Å². The van der Waals surface area contributed by atoms with Crippen molar-refractivity contribution in [3.63, 3.8) is 0 Å². The zero-order valence-electron chi connectivity index (χ0n) is 24.0. The summed E-state index contributed by atoms with van der Waals surface area (Å²) in [7, 11) is -4.88. The van der Waals surface area contributed by atoms with Gasteiger partial charge in [0.2, 0.25) is 5.95 Å². The second-order valence-electron chi connectivity index (χ2n) is 12.9. The van der Waals surface area contributed by atoms with Gasteiger partial charge in [-0.05, 0) is 24.7 Å². The summed E-state index contributed by atoms with van der Waals surface area (Å²) in [6.45, 7) is -5.02. The minimum atomic E-state index is -4.88. The minimum Gasteiger partial charge on any atom is -0.388 e. The molecule has 0 aromatic carbocycles. The number of thiol groups is 1. The molecule has 8 N–H and O–H groups in total. The lowest BCUT2D eigenvalue weighted by Gasteiger charge is -2.33. The molecule has 0 bridgehead atoms. The Hall–Kier alpha value is -2.97. The average Bonchev–Trinajstić information content (AvgIpc) is 3.72. The van der Waals surface area contributed by atoms with Gasteiger partial charge in [0, 0.05) is 11.3 Å². The number of fused-ring (bicyclic) bond motifs is 5. The highest BCUT2D eigenvalue weighted by atomic mass is 32.7. The average molecular weight is 711 g/mol. The molecular weight excluding hydrogens is 682 g/mol. The van der Waals surface area contributed by atoms with Gasteiger partial charge in [0.15, 0.2) is 22.6 Å². The molecular formula is C24H28N10O10P2S. The molecule has 4 aromatic rings. The van der Waals surface area contributed by atoms with Crippen LogP contribution in [-0.4, -0.2) is 91.8 Å². The summed E-state index contributed by atoms with van der Waals surface area (Å²) in [6.07, 6.45) is -0.553. The summed E-state index contributed by atoms with van der Waals surface area (Å²) >= 11 is 4.23. The number of H-pyrrole nitrogens is 1. The van der Waals surface area contributed by atoms with Gasteiger partial charge in [0.05, 0.1) is 37.4 Å². The van der Waals surface area contributed by atoms with E-state index in [-0.39, 0.29) is 29.5 Å². The molecule has 1 aliphatic heterocycles. The van der Waals surface area contributed by atoms with Gasteiger partial charge in [0.25, 0.3) is 5.56 Å². The first-order chi connectivity index (χ1) is 22.3. The maximum atomic E-state index is 13.8. The van der Waals surface area contributed by atoms with Crippen LogP contribution in [0, 0.1) is 23.2 Å². The van der Waals surface area contributed by atoms with Crippen molar-refractivity contribution in [1.82, 2.24) is 39.0 Å². The van der Waals surface area contributed by atoms with Gasteiger partial charge in [-0.2, -0.15) is 4.98 Å². The zero-order valence-corrected chi connectivity index (χ0v) is 26.7. The van der Waals surface area contributed by atoms with Gasteiger partial charge >= 0.3 is 14.6 Å². The number of aromatic nitrogens is 8. The maximum absolute atomic E-state index is 13.8. The van der Waals surface area contributed by atoms with E-state index in [9.17, 15) is 29.0 Å². The predicted molar refractivity (Wildman–Crippen MR) is 162 cm³/mol. The van der Waals surface area contributed by atoms with Crippen LogP contribution < -0.4 is 17.0 Å². The van der Waals surface area contributed by atoms with Gasteiger partial charge in [-0.3, -0.25) is 23.3 Å². The molecule has 5 aliphatic rings. The molecule has 2 unspecified atom stereocenters. The van der Waals surface area contributed by atoms with Crippen LogP contribution in [0.2, 0.25) is 0 Å². The standard InChI is InChI=1S/C24H28N10O10P2S/c25-18-11-19(28-5-27-18)34(7-30-11)24-2-9(24)8-3-41-45(38,39)44-17-14(35)13(33-6-29-12-20(33)31-22(26)32-21(12)37)10-1-23(10,17)4-42-46(40,47)43-15(8)16(24)36/h5-10,13-17,35-36H,1-4H2,(H,38,39)(H,40,47)(H2,25,27,28)(H3,26,31,32,37)/t8-,9-,10+,13+,14-,15+,16+,17-,23+,24?,46-/m0/s1. The number of anilines is 2. The topological polar surface area (TPSA) is 291 Å². The third kappa shape index (κ3) is 4.16. The quantitative estimate of drug-likeness (QED) is 0.104. The molecule has 1 spiro atoms. The minimum absolute atomic E-state index is 0.0190. The number of nitrogens with one attached hydrogen (secondary N) is 1. The Morgan fingerprint density at radius 1 is 1.02 bits per heavy atom. The number of nitrogen functional groups attached to an aromatic ring is 2. The van der Waals surface area contributed by atoms with E-state index >= 15 is 0 Å². The summed E-state index contributed by atoms with van der Waals surface area (Å²) in [5.41, 5.74) is 9.74. The molecule has 12 atom stereocenters. The smallest absolute Gasteiger partial charge is 0.388 e. The van der Waals surface area contributed by atoms with Crippen LogP contribution in [-0.2, 0) is 32.8 Å². The first kappa shape index (κ1) is 30.1. The van der Waals surface area contributed by atoms with Gasteiger partial charge in [-0.25, -0.2) is 29.1 Å². The van der Waals surface area contributed by atoms with Crippen LogP contribution in [0.25, 0.3) is 22.3 Å². The lowest BCUT2D eigenvalue weighted by Crippen LogP contribution is -2.41. The zero-order chi connectivity index (χ0) is 32.8. The number of nitrogens with zero attached hydrogens (tertiary/aromatic N) is 7. The normalized spacial score (nSPS) is 44.3. The Morgan fingerprint density at radius 3 is 2.62 bits per heavy atom. The van der Waals surface area contributed by atoms with E-state index in [0.717, 1.165) is 0 Å². The van der Waals surface area contributed by atoms with Crippen molar-refractivity contribution in [3.8, 4) is 0 Å². The van der Waals surface area contributed by atoms with E-state index in [1.807, 2.05) is 0 Å². The van der Waals surface area contributed by atoms with Crippen molar-refractivity contribution in [2.24, 2.45) is 23.2 Å². The molecule has 250 valence electrons. The van der Waals surface area contributed by atoms with Crippen LogP contribution in [0.1, 0.15) is 18.9 Å². The summed E-state index contributed by atoms with van der Waals surface area (Å²) in [4.78, 5) is 46.6. The fourth-order valence-corrected chi connectivity index (χ4v) is 11.0. The fraction of sp³-hybridized carbons (Fsp3) is 0.583. The van der Waals surface area contributed by atoms with E-state index in [4.69, 9.17) is 29.6 Å². The summed E-state index contributed by atoms with van der Waals surface area (Å²) in [5, 5.41) is 23.3. The van der Waals surface area contributed by atoms with E-state index in [2.05, 4.69) is 42.2 Å². The van der Waals surface area contributed by atoms with Gasteiger partial charge < -0.3 is 40.2 Å². The molecule has 0 radical (unpaired) electrons. The van der Waals surface area contributed by atoms with E-state index < -0.39 is 86.0 Å². The van der Waals surface area contributed by atoms with Crippen molar-refractivity contribution in [1.29, 1.82) is 0 Å². The number of hydrogen-bond donors (Lipinski definition) is 7. The number of phosphoric acid groups is 1. The number of aliphatic hydroxyl groups excluding tert-OH is 2. The Bertz CT molecular complexity index is 2150. The largest absolute Gasteiger partial charge is 0.472 e. The predicted octanol–water partition coefficient (Wildman–Crippen LogP) is -0.293. The third-order valence-electron chi connectivity index (χ3n) is 10.6. The molecule has 23 heteroatoms. The highest BCUT2D eigenvalue weighted by molar-refractivity contribution is 8.44. The fourth-order valence-electron chi connectivity index (χ4n) is 8.40. The number of rotatable bonds is 2. The Kier molecular flexibility index (Phi) is 6.14. The first-order valence-electron chi connectivity index (χ1n) is 14.6. The molecule has 0 amide bonds. The number of aromatic amines is 1. The highest BCUT2D eigenvalue weighted by Gasteiger charge is 2.76. The lowest BCUT2D eigenvalue weighted by molar-refractivity contribution is -0.0502. The van der Waals surface area contributed by atoms with E-state index in [0.29, 0.717) is 24.0 Å². The number of nitrogens with two attached hydrogens (primary N) is 2. The van der Waals surface area contributed by atoms with Crippen molar-refractivity contribution in [3.05, 3.63) is 29.3 Å². The molecule has 9 rings (SSSR count). The molecule has 47 heavy (non-hydrogen) atoms. The van der Waals surface area contributed by atoms with Crippen LogP contribution in [0.3, 0.4) is 0 Å². The summed E-state index contributed by atoms with van der Waals surface area (Å²) in [5.74, 6) is -1.66. The molecule has 1 saturated heterocycles. The van der Waals surface area contributed by atoms with Crippen LogP contribution in [0.4, 0.5) is 11.8 Å². The number of phosphoric ester groups is 1. The van der Waals surface area contributed by atoms with Gasteiger partial charge in [0.1, 0.15) is 36.3 Å². The highest BCUT2D eigenvalue weighted by Crippen LogP contribution is 2.74. The van der Waals surface area contributed by atoms with Gasteiger partial charge in [-0.15, -0.1) is 0 Å². The van der Waals surface area contributed by atoms with Crippen LogP contribution in [0.5, 0.6) is 0 Å². The maximum Gasteiger partial charge on any atom is 0.472 e. The number of hydrogen-bond acceptors (Lipinski definition) is 16. The van der Waals surface area contributed by atoms with Crippen LogP contribution in [0.15, 0.2) is 23.8 Å². The van der Waals surface area contributed by atoms with Crippen molar-refractivity contribution in [2.75, 3.05) is 24.7 Å². The van der Waals surface area contributed by atoms with Crippen molar-refractivity contribution in [2.45, 2.75) is 48.8 Å². The van der Waals surface area contributed by atoms with Crippen LogP contribution >= 0.6 is 26.9 Å². The molecule has 4 saturated carbocycles. The first-order valence-corrected chi connectivity index (χ1v) is 18.8. The monoisotopic (exact) mass is 710 g/mol. The SMILES string of the molecule is Nc1nc2c(ncn2[C@H]2[C@H](O)[C@@H]3OP(=O)(O)OC[C@@H]4[C@@H](O[P@@](=O)(S)OC[C@@]35C[C@H]25)[C@@H](O)C2(n3cnc5c(N)ncnc53)C[C@@H]42)c(=O)[nH]1. The van der Waals surface area contributed by atoms with Crippen molar-refractivity contribution >= 4 is 61.0 Å². The molecule has 4 aliphatic carbocycles. The molecule has 5 heterocycles. The Labute approximate surface area is 268 Å². The number of imidazole rings is 2. The second kappa shape index (κ2) is 9.59. The summed E-state index contributed by atoms with van der Waals surface area (Å²) in [6, 6.07) is -0.844.